The number of hydrogen-bond donors (Lipinski definition) is 3. The molecule has 0 saturated carbocycles. The summed E-state index contributed by atoms with van der Waals surface area (Å²) in [5, 5.41) is 19.1. The lowest BCUT2D eigenvalue weighted by atomic mass is 10.1. The van der Waals surface area contributed by atoms with Gasteiger partial charge in [-0.3, -0.25) is 14.3 Å². The van der Waals surface area contributed by atoms with Gasteiger partial charge in [0.2, 0.25) is 5.82 Å². The maximum Gasteiger partial charge on any atom is 0.330 e. The fourth-order valence-electron chi connectivity index (χ4n) is 1.71. The maximum atomic E-state index is 13.0. The standard InChI is InChI=1S/C9H11FN2O5/c1-3-5(13)6(14)8(17-3)12-2-4(10)7(15)11-9(12)16/h2-3,5-6,8,13-14H,1H3,(H,11,15,16)/t3-,5-,6?,8?/m1/s1. The number of aromatic nitrogens is 2. The molecule has 2 heterocycles. The average molecular weight is 246 g/mol. The lowest BCUT2D eigenvalue weighted by molar-refractivity contribution is -0.0356. The molecule has 0 aromatic carbocycles. The molecule has 2 rings (SSSR count). The van der Waals surface area contributed by atoms with E-state index in [1.165, 1.54) is 6.92 Å². The highest BCUT2D eigenvalue weighted by Crippen LogP contribution is 2.27. The molecule has 1 saturated heterocycles. The van der Waals surface area contributed by atoms with Crippen LogP contribution in [0.4, 0.5) is 4.39 Å². The van der Waals surface area contributed by atoms with Crippen molar-refractivity contribution in [2.45, 2.75) is 31.5 Å². The van der Waals surface area contributed by atoms with Crippen LogP contribution in [0.1, 0.15) is 13.2 Å². The Morgan fingerprint density at radius 2 is 2.06 bits per heavy atom. The van der Waals surface area contributed by atoms with E-state index in [-0.39, 0.29) is 0 Å². The van der Waals surface area contributed by atoms with Gasteiger partial charge in [0.15, 0.2) is 6.23 Å². The average Bonchev–Trinajstić information content (AvgIpc) is 2.51. The molecule has 1 aromatic heterocycles. The topological polar surface area (TPSA) is 105 Å². The molecule has 3 N–H and O–H groups in total. The molecule has 1 fully saturated rings. The molecule has 0 radical (unpaired) electrons. The van der Waals surface area contributed by atoms with Crippen LogP contribution >= 0.6 is 0 Å². The molecule has 94 valence electrons. The number of halogens is 1. The number of nitrogens with one attached hydrogen (secondary N) is 1. The summed E-state index contributed by atoms with van der Waals surface area (Å²) in [7, 11) is 0. The van der Waals surface area contributed by atoms with E-state index in [1.54, 1.807) is 4.98 Å². The monoisotopic (exact) mass is 246 g/mol. The molecule has 0 aliphatic carbocycles. The Bertz CT molecular complexity index is 539. The van der Waals surface area contributed by atoms with Crippen LogP contribution in [0.5, 0.6) is 0 Å². The van der Waals surface area contributed by atoms with Crippen molar-refractivity contribution in [3.8, 4) is 0 Å². The summed E-state index contributed by atoms with van der Waals surface area (Å²) in [6.07, 6.45) is -3.83. The summed E-state index contributed by atoms with van der Waals surface area (Å²) < 4.78 is 18.9. The second kappa shape index (κ2) is 4.06. The molecule has 1 aliphatic heterocycles. The molecule has 0 amide bonds. The number of hydrogen-bond acceptors (Lipinski definition) is 5. The van der Waals surface area contributed by atoms with Crippen molar-refractivity contribution in [1.29, 1.82) is 0 Å². The third kappa shape index (κ3) is 1.90. The highest BCUT2D eigenvalue weighted by molar-refractivity contribution is 4.93. The molecule has 1 aromatic rings. The van der Waals surface area contributed by atoms with Crippen molar-refractivity contribution in [2.24, 2.45) is 0 Å². The zero-order valence-corrected chi connectivity index (χ0v) is 8.83. The Labute approximate surface area is 94.1 Å². The van der Waals surface area contributed by atoms with E-state index in [0.29, 0.717) is 10.8 Å². The zero-order valence-electron chi connectivity index (χ0n) is 8.83. The predicted octanol–water partition coefficient (Wildman–Crippen LogP) is -1.69. The predicted molar refractivity (Wildman–Crippen MR) is 52.9 cm³/mol. The Kier molecular flexibility index (Phi) is 2.86. The summed E-state index contributed by atoms with van der Waals surface area (Å²) in [6, 6.07) is 0. The second-order valence-corrected chi connectivity index (χ2v) is 3.86. The van der Waals surface area contributed by atoms with Crippen molar-refractivity contribution >= 4 is 0 Å². The van der Waals surface area contributed by atoms with Gasteiger partial charge in [-0.1, -0.05) is 0 Å². The van der Waals surface area contributed by atoms with Gasteiger partial charge in [0.1, 0.15) is 12.2 Å². The van der Waals surface area contributed by atoms with E-state index >= 15 is 0 Å². The van der Waals surface area contributed by atoms with Gasteiger partial charge in [0.05, 0.1) is 12.3 Å². The quantitative estimate of drug-likeness (QED) is 0.548. The van der Waals surface area contributed by atoms with Gasteiger partial charge in [0, 0.05) is 0 Å². The molecule has 2 unspecified atom stereocenters. The number of nitrogens with zero attached hydrogens (tertiary/aromatic N) is 1. The zero-order chi connectivity index (χ0) is 12.7. The van der Waals surface area contributed by atoms with Crippen LogP contribution in [0.3, 0.4) is 0 Å². The Morgan fingerprint density at radius 1 is 1.41 bits per heavy atom. The van der Waals surface area contributed by atoms with Crippen LogP contribution in [-0.4, -0.2) is 38.1 Å². The first-order valence-corrected chi connectivity index (χ1v) is 4.94. The molecule has 1 aliphatic rings. The Morgan fingerprint density at radius 3 is 2.59 bits per heavy atom. The van der Waals surface area contributed by atoms with Crippen molar-refractivity contribution in [3.05, 3.63) is 32.9 Å². The number of ether oxygens (including phenoxy) is 1. The third-order valence-corrected chi connectivity index (χ3v) is 2.68. The fourth-order valence-corrected chi connectivity index (χ4v) is 1.71. The SMILES string of the molecule is C[C@H]1OC(n2cc(F)c(=O)[nH]c2=O)C(O)[C@@H]1O. The van der Waals surface area contributed by atoms with Gasteiger partial charge in [-0.25, -0.2) is 4.79 Å². The van der Waals surface area contributed by atoms with Crippen LogP contribution in [0.25, 0.3) is 0 Å². The van der Waals surface area contributed by atoms with Gasteiger partial charge >= 0.3 is 5.69 Å². The van der Waals surface area contributed by atoms with Gasteiger partial charge in [-0.15, -0.1) is 0 Å². The molecular weight excluding hydrogens is 235 g/mol. The molecule has 0 spiro atoms. The summed E-state index contributed by atoms with van der Waals surface area (Å²) in [5.41, 5.74) is -2.06. The van der Waals surface area contributed by atoms with Crippen LogP contribution in [0.15, 0.2) is 15.8 Å². The van der Waals surface area contributed by atoms with Gasteiger partial charge in [-0.2, -0.15) is 4.39 Å². The number of rotatable bonds is 1. The Balaban J connectivity index is 2.46. The number of aliphatic hydroxyl groups excluding tert-OH is 2. The third-order valence-electron chi connectivity index (χ3n) is 2.68. The molecule has 17 heavy (non-hydrogen) atoms. The lowest BCUT2D eigenvalue weighted by Gasteiger charge is -2.16. The van der Waals surface area contributed by atoms with Gasteiger partial charge in [0.25, 0.3) is 5.56 Å². The fraction of sp³-hybridized carbons (Fsp3) is 0.556. The molecule has 8 heteroatoms. The molecule has 7 nitrogen and oxygen atoms in total. The first kappa shape index (κ1) is 12.0. The second-order valence-electron chi connectivity index (χ2n) is 3.86. The van der Waals surface area contributed by atoms with E-state index in [2.05, 4.69) is 0 Å². The smallest absolute Gasteiger partial charge is 0.330 e. The van der Waals surface area contributed by atoms with Gasteiger partial charge in [-0.05, 0) is 6.92 Å². The number of aliphatic hydroxyl groups is 2. The van der Waals surface area contributed by atoms with Crippen molar-refractivity contribution in [3.63, 3.8) is 0 Å². The summed E-state index contributed by atoms with van der Waals surface area (Å²) in [5.74, 6) is -1.17. The normalized spacial score (nSPS) is 32.9. The minimum absolute atomic E-state index is 0.639. The minimum atomic E-state index is -1.37. The first-order valence-electron chi connectivity index (χ1n) is 4.94. The van der Waals surface area contributed by atoms with E-state index in [4.69, 9.17) is 4.74 Å². The van der Waals surface area contributed by atoms with E-state index in [1.807, 2.05) is 0 Å². The summed E-state index contributed by atoms with van der Waals surface area (Å²) in [6.45, 7) is 1.50. The first-order chi connectivity index (χ1) is 7.91. The van der Waals surface area contributed by atoms with Crippen molar-refractivity contribution in [1.82, 2.24) is 9.55 Å². The van der Waals surface area contributed by atoms with E-state index in [9.17, 15) is 24.2 Å². The van der Waals surface area contributed by atoms with Gasteiger partial charge < -0.3 is 14.9 Å². The van der Waals surface area contributed by atoms with Crippen molar-refractivity contribution in [2.75, 3.05) is 0 Å². The van der Waals surface area contributed by atoms with Crippen molar-refractivity contribution < 1.29 is 19.3 Å². The molecule has 0 bridgehead atoms. The maximum absolute atomic E-state index is 13.0. The number of aromatic amines is 1. The lowest BCUT2D eigenvalue weighted by Crippen LogP contribution is -2.38. The molecular formula is C9H11FN2O5. The van der Waals surface area contributed by atoms with E-state index < -0.39 is 41.6 Å². The Hall–Kier alpha value is -1.51. The highest BCUT2D eigenvalue weighted by Gasteiger charge is 2.41. The summed E-state index contributed by atoms with van der Waals surface area (Å²) >= 11 is 0. The minimum Gasteiger partial charge on any atom is -0.388 e. The van der Waals surface area contributed by atoms with E-state index in [0.717, 1.165) is 0 Å². The number of H-pyrrole nitrogens is 1. The van der Waals surface area contributed by atoms with Crippen LogP contribution in [-0.2, 0) is 4.74 Å². The molecule has 4 atom stereocenters. The van der Waals surface area contributed by atoms with Crippen LogP contribution < -0.4 is 11.2 Å². The summed E-state index contributed by atoms with van der Waals surface area (Å²) in [4.78, 5) is 24.0. The van der Waals surface area contributed by atoms with Crippen LogP contribution in [0.2, 0.25) is 0 Å². The largest absolute Gasteiger partial charge is 0.388 e. The van der Waals surface area contributed by atoms with Crippen LogP contribution in [0, 0.1) is 5.82 Å². The highest BCUT2D eigenvalue weighted by atomic mass is 19.1.